The lowest BCUT2D eigenvalue weighted by molar-refractivity contribution is 1.01. The van der Waals surface area contributed by atoms with Gasteiger partial charge in [0.15, 0.2) is 0 Å². The van der Waals surface area contributed by atoms with Gasteiger partial charge in [-0.2, -0.15) is 5.10 Å². The van der Waals surface area contributed by atoms with Gasteiger partial charge in [-0.05, 0) is 54.8 Å². The van der Waals surface area contributed by atoms with Gasteiger partial charge >= 0.3 is 0 Å². The molecule has 0 fully saturated rings. The Balaban J connectivity index is 1.49. The van der Waals surface area contributed by atoms with Crippen LogP contribution in [-0.2, 0) is 6.42 Å². The molecule has 6 aromatic rings. The SMILES string of the molecule is CCc1cncc(-c2ccc3[nH]nc(-c4cc5c(-n6cnc(C)c6)nccc5[nH]4)c3c2)c1. The minimum absolute atomic E-state index is 0.841. The first-order valence-corrected chi connectivity index (χ1v) is 10.6. The summed E-state index contributed by atoms with van der Waals surface area (Å²) in [5, 5.41) is 9.87. The van der Waals surface area contributed by atoms with Crippen LogP contribution in [0.25, 0.3) is 50.1 Å². The highest BCUT2D eigenvalue weighted by Crippen LogP contribution is 2.33. The first-order valence-electron chi connectivity index (χ1n) is 10.6. The Bertz CT molecular complexity index is 1580. The predicted molar refractivity (Wildman–Crippen MR) is 126 cm³/mol. The third kappa shape index (κ3) is 2.98. The van der Waals surface area contributed by atoms with Gasteiger partial charge in [0.2, 0.25) is 0 Å². The first-order chi connectivity index (χ1) is 15.7. The van der Waals surface area contributed by atoms with Gasteiger partial charge in [-0.1, -0.05) is 13.0 Å². The molecular weight excluding hydrogens is 398 g/mol. The largest absolute Gasteiger partial charge is 0.353 e. The second kappa shape index (κ2) is 7.16. The maximum Gasteiger partial charge on any atom is 0.147 e. The normalized spacial score (nSPS) is 11.6. The number of imidazole rings is 1. The highest BCUT2D eigenvalue weighted by molar-refractivity contribution is 5.98. The minimum Gasteiger partial charge on any atom is -0.353 e. The van der Waals surface area contributed by atoms with Crippen molar-refractivity contribution >= 4 is 21.8 Å². The second-order valence-corrected chi connectivity index (χ2v) is 7.97. The summed E-state index contributed by atoms with van der Waals surface area (Å²) in [7, 11) is 0. The van der Waals surface area contributed by atoms with Crippen molar-refractivity contribution in [3.05, 3.63) is 78.8 Å². The van der Waals surface area contributed by atoms with E-state index in [2.05, 4.69) is 67.4 Å². The highest BCUT2D eigenvalue weighted by Gasteiger charge is 2.15. The molecule has 6 rings (SSSR count). The van der Waals surface area contributed by atoms with E-state index < -0.39 is 0 Å². The molecule has 0 aliphatic carbocycles. The molecule has 0 bridgehead atoms. The van der Waals surface area contributed by atoms with Crippen molar-refractivity contribution in [2.24, 2.45) is 0 Å². The van der Waals surface area contributed by atoms with Crippen molar-refractivity contribution < 1.29 is 0 Å². The van der Waals surface area contributed by atoms with E-state index in [1.165, 1.54) is 5.56 Å². The lowest BCUT2D eigenvalue weighted by Gasteiger charge is -2.04. The number of hydrogen-bond donors (Lipinski definition) is 2. The predicted octanol–water partition coefficient (Wildman–Crippen LogP) is 5.22. The third-order valence-corrected chi connectivity index (χ3v) is 5.84. The van der Waals surface area contributed by atoms with Gasteiger partial charge < -0.3 is 4.98 Å². The maximum atomic E-state index is 4.62. The number of nitrogens with zero attached hydrogens (tertiary/aromatic N) is 5. The molecule has 5 aromatic heterocycles. The fourth-order valence-corrected chi connectivity index (χ4v) is 4.15. The molecule has 0 aliphatic rings. The number of H-pyrrole nitrogens is 2. The van der Waals surface area contributed by atoms with Gasteiger partial charge in [0.1, 0.15) is 17.8 Å². The summed E-state index contributed by atoms with van der Waals surface area (Å²) in [6.07, 6.45) is 10.4. The molecule has 32 heavy (non-hydrogen) atoms. The molecule has 0 radical (unpaired) electrons. The van der Waals surface area contributed by atoms with Crippen LogP contribution < -0.4 is 0 Å². The van der Waals surface area contributed by atoms with E-state index in [1.54, 1.807) is 6.33 Å². The zero-order valence-electron chi connectivity index (χ0n) is 17.8. The molecule has 0 aliphatic heterocycles. The molecule has 2 N–H and O–H groups in total. The van der Waals surface area contributed by atoms with E-state index >= 15 is 0 Å². The molecule has 0 saturated heterocycles. The number of nitrogens with one attached hydrogen (secondary N) is 2. The zero-order valence-corrected chi connectivity index (χ0v) is 17.8. The molecule has 0 saturated carbocycles. The van der Waals surface area contributed by atoms with E-state index in [4.69, 9.17) is 0 Å². The smallest absolute Gasteiger partial charge is 0.147 e. The Morgan fingerprint density at radius 1 is 0.938 bits per heavy atom. The molecule has 1 aromatic carbocycles. The molecule has 0 atom stereocenters. The van der Waals surface area contributed by atoms with E-state index in [9.17, 15) is 0 Å². The van der Waals surface area contributed by atoms with E-state index in [1.807, 2.05) is 42.3 Å². The Labute approximate surface area is 184 Å². The zero-order chi connectivity index (χ0) is 21.7. The number of pyridine rings is 2. The van der Waals surface area contributed by atoms with E-state index in [0.29, 0.717) is 0 Å². The van der Waals surface area contributed by atoms with Crippen molar-refractivity contribution in [2.75, 3.05) is 0 Å². The average molecular weight is 419 g/mol. The van der Waals surface area contributed by atoms with Crippen LogP contribution in [0.2, 0.25) is 0 Å². The van der Waals surface area contributed by atoms with Crippen LogP contribution in [-0.4, -0.2) is 34.7 Å². The summed E-state index contributed by atoms with van der Waals surface area (Å²) in [4.78, 5) is 16.8. The standard InChI is InChI=1S/C25H21N7/c1-3-16-8-18(12-26-11-16)17-4-5-22-19(9-17)24(31-30-22)23-10-20-21(29-23)6-7-27-25(20)32-13-15(2)28-14-32/h4-14,29H,3H2,1-2H3,(H,30,31). The van der Waals surface area contributed by atoms with Crippen LogP contribution in [0.5, 0.6) is 0 Å². The van der Waals surface area contributed by atoms with Crippen LogP contribution in [0.1, 0.15) is 18.2 Å². The Morgan fingerprint density at radius 3 is 2.72 bits per heavy atom. The number of aromatic amines is 2. The number of benzene rings is 1. The second-order valence-electron chi connectivity index (χ2n) is 7.97. The maximum absolute atomic E-state index is 4.62. The van der Waals surface area contributed by atoms with Gasteiger partial charge in [0, 0.05) is 41.1 Å². The molecule has 7 nitrogen and oxygen atoms in total. The van der Waals surface area contributed by atoms with Gasteiger partial charge in [-0.25, -0.2) is 9.97 Å². The van der Waals surface area contributed by atoms with Crippen LogP contribution in [0.3, 0.4) is 0 Å². The molecule has 5 heterocycles. The van der Waals surface area contributed by atoms with Crippen molar-refractivity contribution in [1.82, 2.24) is 34.7 Å². The number of hydrogen-bond acceptors (Lipinski definition) is 4. The number of aryl methyl sites for hydroxylation is 2. The quantitative estimate of drug-likeness (QED) is 0.410. The lowest BCUT2D eigenvalue weighted by atomic mass is 10.0. The fourth-order valence-electron chi connectivity index (χ4n) is 4.15. The van der Waals surface area contributed by atoms with Crippen molar-refractivity contribution in [3.63, 3.8) is 0 Å². The summed E-state index contributed by atoms with van der Waals surface area (Å²) in [6, 6.07) is 12.6. The summed E-state index contributed by atoms with van der Waals surface area (Å²) in [6.45, 7) is 4.11. The first kappa shape index (κ1) is 18.5. The number of fused-ring (bicyclic) bond motifs is 2. The number of rotatable bonds is 4. The summed E-state index contributed by atoms with van der Waals surface area (Å²) < 4.78 is 1.95. The third-order valence-electron chi connectivity index (χ3n) is 5.84. The molecular formula is C25H21N7. The Morgan fingerprint density at radius 2 is 1.88 bits per heavy atom. The lowest BCUT2D eigenvalue weighted by Crippen LogP contribution is -1.94. The Kier molecular flexibility index (Phi) is 4.14. The van der Waals surface area contributed by atoms with Gasteiger partial charge in [0.25, 0.3) is 0 Å². The molecule has 0 spiro atoms. The van der Waals surface area contributed by atoms with E-state index in [-0.39, 0.29) is 0 Å². The van der Waals surface area contributed by atoms with Crippen molar-refractivity contribution in [3.8, 4) is 28.3 Å². The molecule has 0 unspecified atom stereocenters. The van der Waals surface area contributed by atoms with Crippen molar-refractivity contribution in [2.45, 2.75) is 20.3 Å². The van der Waals surface area contributed by atoms with Crippen LogP contribution >= 0.6 is 0 Å². The topological polar surface area (TPSA) is 88.1 Å². The highest BCUT2D eigenvalue weighted by atomic mass is 15.1. The van der Waals surface area contributed by atoms with Crippen LogP contribution in [0.4, 0.5) is 0 Å². The van der Waals surface area contributed by atoms with Crippen LogP contribution in [0, 0.1) is 6.92 Å². The monoisotopic (exact) mass is 419 g/mol. The van der Waals surface area contributed by atoms with Crippen LogP contribution in [0.15, 0.2) is 67.5 Å². The van der Waals surface area contributed by atoms with Gasteiger partial charge in [0.05, 0.1) is 22.4 Å². The van der Waals surface area contributed by atoms with Gasteiger partial charge in [-0.3, -0.25) is 14.6 Å². The number of aromatic nitrogens is 7. The fraction of sp³-hybridized carbons (Fsp3) is 0.120. The molecule has 7 heteroatoms. The van der Waals surface area contributed by atoms with Crippen molar-refractivity contribution in [1.29, 1.82) is 0 Å². The molecule has 156 valence electrons. The summed E-state index contributed by atoms with van der Waals surface area (Å²) >= 11 is 0. The average Bonchev–Trinajstić information content (AvgIpc) is 3.55. The van der Waals surface area contributed by atoms with Gasteiger partial charge in [-0.15, -0.1) is 0 Å². The minimum atomic E-state index is 0.841. The van der Waals surface area contributed by atoms with E-state index in [0.717, 1.165) is 62.3 Å². The molecule has 0 amide bonds. The summed E-state index contributed by atoms with van der Waals surface area (Å²) in [5.74, 6) is 0.841. The summed E-state index contributed by atoms with van der Waals surface area (Å²) in [5.41, 5.74) is 8.22. The Hall–Kier alpha value is -4.26.